The molecule has 31 heavy (non-hydrogen) atoms. The number of imidazole rings is 1. The van der Waals surface area contributed by atoms with Crippen LogP contribution < -0.4 is 10.7 Å². The second-order valence-electron chi connectivity index (χ2n) is 8.75. The summed E-state index contributed by atoms with van der Waals surface area (Å²) in [6, 6.07) is 0.494. The Morgan fingerprint density at radius 3 is 2.35 bits per heavy atom. The smallest absolute Gasteiger partial charge is 0.226 e. The predicted molar refractivity (Wildman–Crippen MR) is 130 cm³/mol. The molecule has 0 radical (unpaired) electrons. The summed E-state index contributed by atoms with van der Waals surface area (Å²) in [7, 11) is 0. The average Bonchev–Trinajstić information content (AvgIpc) is 3.44. The largest absolute Gasteiger partial charge is 0.317 e. The molecule has 3 heterocycles. The van der Waals surface area contributed by atoms with Crippen LogP contribution in [0.5, 0.6) is 0 Å². The van der Waals surface area contributed by atoms with Crippen molar-refractivity contribution in [1.82, 2.24) is 29.8 Å². The number of aromatic nitrogens is 4. The first kappa shape index (κ1) is 24.2. The molecule has 1 aliphatic carbocycles. The van der Waals surface area contributed by atoms with Crippen LogP contribution in [0.25, 0.3) is 11.2 Å². The van der Waals surface area contributed by atoms with Gasteiger partial charge in [0.25, 0.3) is 0 Å². The summed E-state index contributed by atoms with van der Waals surface area (Å²) in [5.74, 6) is 1.60. The Bertz CT molecular complexity index is 778. The van der Waals surface area contributed by atoms with E-state index in [9.17, 15) is 0 Å². The molecule has 2 aromatic rings. The van der Waals surface area contributed by atoms with Gasteiger partial charge in [-0.1, -0.05) is 52.9 Å². The Hall–Kier alpha value is -1.44. The molecule has 7 nitrogen and oxygen atoms in total. The molecule has 1 saturated carbocycles. The van der Waals surface area contributed by atoms with Gasteiger partial charge in [0.1, 0.15) is 0 Å². The molecule has 0 spiro atoms. The van der Waals surface area contributed by atoms with Crippen molar-refractivity contribution in [2.75, 3.05) is 31.6 Å². The SMILES string of the molecule is CCCCC1CCN(Nc2nc(Cl)nc3c2ncn3C2CCCC2)CC1.CCNCC. The van der Waals surface area contributed by atoms with Crippen molar-refractivity contribution < 1.29 is 0 Å². The van der Waals surface area contributed by atoms with Gasteiger partial charge in [0.05, 0.1) is 6.33 Å². The monoisotopic (exact) mass is 449 g/mol. The third-order valence-corrected chi connectivity index (χ3v) is 6.63. The van der Waals surface area contributed by atoms with E-state index >= 15 is 0 Å². The van der Waals surface area contributed by atoms with Crippen LogP contribution in [0.3, 0.4) is 0 Å². The number of hydrazine groups is 1. The molecule has 1 aliphatic heterocycles. The van der Waals surface area contributed by atoms with Gasteiger partial charge in [-0.2, -0.15) is 9.97 Å². The van der Waals surface area contributed by atoms with Gasteiger partial charge in [-0.05, 0) is 56.3 Å². The number of anilines is 1. The van der Waals surface area contributed by atoms with Crippen LogP contribution in [0.15, 0.2) is 6.33 Å². The Balaban J connectivity index is 0.000000491. The van der Waals surface area contributed by atoms with E-state index in [1.165, 1.54) is 57.8 Å². The minimum absolute atomic E-state index is 0.289. The van der Waals surface area contributed by atoms with Gasteiger partial charge < -0.3 is 15.3 Å². The van der Waals surface area contributed by atoms with Crippen LogP contribution in [0, 0.1) is 5.92 Å². The molecule has 2 aromatic heterocycles. The van der Waals surface area contributed by atoms with Gasteiger partial charge in [0, 0.05) is 19.1 Å². The third-order valence-electron chi connectivity index (χ3n) is 6.46. The van der Waals surface area contributed by atoms with E-state index in [-0.39, 0.29) is 5.28 Å². The minimum Gasteiger partial charge on any atom is -0.317 e. The number of hydrogen-bond donors (Lipinski definition) is 2. The van der Waals surface area contributed by atoms with E-state index in [0.717, 1.165) is 49.1 Å². The van der Waals surface area contributed by atoms with Crippen LogP contribution in [0.2, 0.25) is 5.28 Å². The van der Waals surface area contributed by atoms with Crippen LogP contribution in [-0.2, 0) is 0 Å². The summed E-state index contributed by atoms with van der Waals surface area (Å²) in [6.07, 6.45) is 13.3. The summed E-state index contributed by atoms with van der Waals surface area (Å²) < 4.78 is 2.19. The molecule has 1 saturated heterocycles. The lowest BCUT2D eigenvalue weighted by Crippen LogP contribution is -2.38. The Labute approximate surface area is 192 Å². The maximum Gasteiger partial charge on any atom is 0.226 e. The first-order chi connectivity index (χ1) is 15.2. The second kappa shape index (κ2) is 12.6. The van der Waals surface area contributed by atoms with Crippen molar-refractivity contribution in [1.29, 1.82) is 0 Å². The van der Waals surface area contributed by atoms with E-state index < -0.39 is 0 Å². The molecule has 0 amide bonds. The molecule has 8 heteroatoms. The van der Waals surface area contributed by atoms with E-state index in [1.807, 2.05) is 6.33 Å². The molecule has 4 rings (SSSR count). The van der Waals surface area contributed by atoms with Crippen molar-refractivity contribution in [3.05, 3.63) is 11.6 Å². The average molecular weight is 450 g/mol. The highest BCUT2D eigenvalue weighted by Gasteiger charge is 2.23. The van der Waals surface area contributed by atoms with Crippen molar-refractivity contribution in [3.8, 4) is 0 Å². The number of halogens is 1. The van der Waals surface area contributed by atoms with E-state index in [4.69, 9.17) is 11.6 Å². The number of hydrogen-bond acceptors (Lipinski definition) is 6. The molecule has 0 bridgehead atoms. The van der Waals surface area contributed by atoms with Gasteiger partial charge in [-0.25, -0.2) is 9.99 Å². The Morgan fingerprint density at radius 2 is 1.74 bits per heavy atom. The third kappa shape index (κ3) is 6.77. The second-order valence-corrected chi connectivity index (χ2v) is 9.08. The summed E-state index contributed by atoms with van der Waals surface area (Å²) in [5, 5.41) is 5.66. The number of nitrogens with zero attached hydrogens (tertiary/aromatic N) is 5. The van der Waals surface area contributed by atoms with Gasteiger partial charge in [-0.15, -0.1) is 0 Å². The standard InChI is InChI=1S/C19H29ClN6.C4H11N/c1-2-3-6-14-9-11-25(12-10-14)24-17-16-18(23-19(20)22-17)26(13-21-16)15-7-4-5-8-15;1-3-5-4-2/h13-15H,2-12H2,1H3,(H,22,23,24);5H,3-4H2,1-2H3. The van der Waals surface area contributed by atoms with Crippen LogP contribution in [-0.4, -0.2) is 50.7 Å². The van der Waals surface area contributed by atoms with E-state index in [0.29, 0.717) is 6.04 Å². The number of fused-ring (bicyclic) bond motifs is 1. The van der Waals surface area contributed by atoms with Gasteiger partial charge in [0.15, 0.2) is 17.0 Å². The van der Waals surface area contributed by atoms with Gasteiger partial charge in [-0.3, -0.25) is 0 Å². The molecule has 0 aromatic carbocycles. The quantitative estimate of drug-likeness (QED) is 0.523. The molecule has 174 valence electrons. The molecule has 2 fully saturated rings. The van der Waals surface area contributed by atoms with Gasteiger partial charge in [0.2, 0.25) is 5.28 Å². The number of unbranched alkanes of at least 4 members (excludes halogenated alkanes) is 1. The molecular weight excluding hydrogens is 410 g/mol. The lowest BCUT2D eigenvalue weighted by Gasteiger charge is -2.32. The highest BCUT2D eigenvalue weighted by molar-refractivity contribution is 6.28. The summed E-state index contributed by atoms with van der Waals surface area (Å²) in [5.41, 5.74) is 5.15. The van der Waals surface area contributed by atoms with Crippen molar-refractivity contribution in [2.24, 2.45) is 5.92 Å². The maximum absolute atomic E-state index is 6.24. The highest BCUT2D eigenvalue weighted by atomic mass is 35.5. The number of piperidine rings is 1. The maximum atomic E-state index is 6.24. The number of rotatable bonds is 8. The molecule has 2 N–H and O–H groups in total. The first-order valence-electron chi connectivity index (χ1n) is 12.3. The fourth-order valence-corrected chi connectivity index (χ4v) is 4.81. The fourth-order valence-electron chi connectivity index (χ4n) is 4.64. The predicted octanol–water partition coefficient (Wildman–Crippen LogP) is 5.44. The minimum atomic E-state index is 0.289. The summed E-state index contributed by atoms with van der Waals surface area (Å²) >= 11 is 6.24. The summed E-state index contributed by atoms with van der Waals surface area (Å²) in [4.78, 5) is 13.5. The lowest BCUT2D eigenvalue weighted by molar-refractivity contribution is 0.207. The highest BCUT2D eigenvalue weighted by Crippen LogP contribution is 2.33. The first-order valence-corrected chi connectivity index (χ1v) is 12.7. The zero-order valence-corrected chi connectivity index (χ0v) is 20.3. The van der Waals surface area contributed by atoms with Crippen LogP contribution in [0.1, 0.15) is 84.6 Å². The Kier molecular flexibility index (Phi) is 9.81. The topological polar surface area (TPSA) is 70.9 Å². The van der Waals surface area contributed by atoms with E-state index in [1.54, 1.807) is 0 Å². The van der Waals surface area contributed by atoms with Crippen molar-refractivity contribution >= 4 is 28.6 Å². The number of nitrogens with one attached hydrogen (secondary N) is 2. The van der Waals surface area contributed by atoms with Crippen LogP contribution in [0.4, 0.5) is 5.82 Å². The van der Waals surface area contributed by atoms with Crippen molar-refractivity contribution in [3.63, 3.8) is 0 Å². The summed E-state index contributed by atoms with van der Waals surface area (Å²) in [6.45, 7) is 10.7. The van der Waals surface area contributed by atoms with E-state index in [2.05, 4.69) is 56.0 Å². The fraction of sp³-hybridized carbons (Fsp3) is 0.783. The van der Waals surface area contributed by atoms with Crippen molar-refractivity contribution in [2.45, 2.75) is 84.6 Å². The molecule has 0 unspecified atom stereocenters. The lowest BCUT2D eigenvalue weighted by atomic mass is 9.92. The van der Waals surface area contributed by atoms with Crippen LogP contribution >= 0.6 is 11.6 Å². The Morgan fingerprint density at radius 1 is 1.03 bits per heavy atom. The zero-order chi connectivity index (χ0) is 22.1. The normalized spacial score (nSPS) is 18.3. The molecule has 2 aliphatic rings. The molecular formula is C23H40ClN7. The zero-order valence-electron chi connectivity index (χ0n) is 19.5. The van der Waals surface area contributed by atoms with Gasteiger partial charge >= 0.3 is 0 Å². The molecule has 0 atom stereocenters.